The second kappa shape index (κ2) is 6.51. The first-order valence-electron chi connectivity index (χ1n) is 6.81. The maximum absolute atomic E-state index is 12.4. The molecular weight excluding hydrogens is 274 g/mol. The fourth-order valence-corrected chi connectivity index (χ4v) is 2.06. The van der Waals surface area contributed by atoms with Crippen molar-refractivity contribution in [3.63, 3.8) is 0 Å². The van der Waals surface area contributed by atoms with Crippen molar-refractivity contribution in [2.24, 2.45) is 0 Å². The molecule has 0 aliphatic carbocycles. The minimum Gasteiger partial charge on any atom is -0.480 e. The summed E-state index contributed by atoms with van der Waals surface area (Å²) >= 11 is 0. The molecule has 21 heavy (non-hydrogen) atoms. The first-order valence-corrected chi connectivity index (χ1v) is 6.81. The molecule has 116 valence electrons. The van der Waals surface area contributed by atoms with Gasteiger partial charge < -0.3 is 15.0 Å². The zero-order valence-corrected chi connectivity index (χ0v) is 12.9. The molecule has 7 heteroatoms. The standard InChI is InChI=1S/C14H21N3O4/c1-6-9(14(20)21)17(5)13(19)10-8(4)15-11(7(2)3)16-12(10)18/h7,9H,6H2,1-5H3,(H,20,21)(H,15,16,18). The van der Waals surface area contributed by atoms with Gasteiger partial charge in [-0.05, 0) is 13.3 Å². The van der Waals surface area contributed by atoms with E-state index in [0.717, 1.165) is 4.90 Å². The number of H-pyrrole nitrogens is 1. The largest absolute Gasteiger partial charge is 0.480 e. The molecule has 2 N–H and O–H groups in total. The minimum absolute atomic E-state index is 0.0284. The van der Waals surface area contributed by atoms with E-state index in [1.165, 1.54) is 7.05 Å². The third-order valence-electron chi connectivity index (χ3n) is 3.34. The fourth-order valence-electron chi connectivity index (χ4n) is 2.06. The lowest BCUT2D eigenvalue weighted by Gasteiger charge is -2.24. The van der Waals surface area contributed by atoms with Crippen LogP contribution in [0.1, 0.15) is 55.0 Å². The van der Waals surface area contributed by atoms with E-state index in [0.29, 0.717) is 11.5 Å². The summed E-state index contributed by atoms with van der Waals surface area (Å²) in [7, 11) is 1.37. The lowest BCUT2D eigenvalue weighted by Crippen LogP contribution is -2.44. The molecule has 0 fully saturated rings. The van der Waals surface area contributed by atoms with Crippen LogP contribution in [-0.2, 0) is 4.79 Å². The van der Waals surface area contributed by atoms with Gasteiger partial charge in [0, 0.05) is 13.0 Å². The number of amides is 1. The monoisotopic (exact) mass is 295 g/mol. The Kier molecular flexibility index (Phi) is 5.23. The Morgan fingerprint density at radius 3 is 2.33 bits per heavy atom. The van der Waals surface area contributed by atoms with E-state index in [2.05, 4.69) is 9.97 Å². The van der Waals surface area contributed by atoms with E-state index in [9.17, 15) is 14.4 Å². The molecule has 0 spiro atoms. The molecule has 1 aromatic rings. The molecule has 1 atom stereocenters. The van der Waals surface area contributed by atoms with Gasteiger partial charge in [-0.25, -0.2) is 9.78 Å². The van der Waals surface area contributed by atoms with Crippen LogP contribution in [0.2, 0.25) is 0 Å². The van der Waals surface area contributed by atoms with Crippen LogP contribution in [0.5, 0.6) is 0 Å². The molecule has 0 aliphatic heterocycles. The number of nitrogens with one attached hydrogen (secondary N) is 1. The van der Waals surface area contributed by atoms with Crippen molar-refractivity contribution in [1.29, 1.82) is 0 Å². The summed E-state index contributed by atoms with van der Waals surface area (Å²) in [5, 5.41) is 9.10. The highest BCUT2D eigenvalue weighted by Crippen LogP contribution is 2.12. The number of aromatic nitrogens is 2. The van der Waals surface area contributed by atoms with Crippen LogP contribution in [0.3, 0.4) is 0 Å². The van der Waals surface area contributed by atoms with Gasteiger partial charge in [0.05, 0.1) is 5.69 Å². The summed E-state index contributed by atoms with van der Waals surface area (Å²) in [5.74, 6) is -1.21. The van der Waals surface area contributed by atoms with E-state index in [1.54, 1.807) is 13.8 Å². The smallest absolute Gasteiger partial charge is 0.326 e. The van der Waals surface area contributed by atoms with Crippen molar-refractivity contribution in [1.82, 2.24) is 14.9 Å². The Morgan fingerprint density at radius 1 is 1.38 bits per heavy atom. The van der Waals surface area contributed by atoms with E-state index in [4.69, 9.17) is 5.11 Å². The number of hydrogen-bond donors (Lipinski definition) is 2. The van der Waals surface area contributed by atoms with Crippen LogP contribution in [0, 0.1) is 6.92 Å². The normalized spacial score (nSPS) is 12.3. The number of rotatable bonds is 5. The molecule has 1 amide bonds. The predicted molar refractivity (Wildman–Crippen MR) is 77.5 cm³/mol. The second-order valence-electron chi connectivity index (χ2n) is 5.24. The highest BCUT2D eigenvalue weighted by molar-refractivity contribution is 5.96. The molecule has 1 heterocycles. The van der Waals surface area contributed by atoms with Crippen LogP contribution in [0.25, 0.3) is 0 Å². The number of aryl methyl sites for hydroxylation is 1. The minimum atomic E-state index is -1.10. The Balaban J connectivity index is 3.25. The highest BCUT2D eigenvalue weighted by Gasteiger charge is 2.28. The van der Waals surface area contributed by atoms with Gasteiger partial charge >= 0.3 is 5.97 Å². The highest BCUT2D eigenvalue weighted by atomic mass is 16.4. The summed E-state index contributed by atoms with van der Waals surface area (Å²) in [6.07, 6.45) is 0.256. The van der Waals surface area contributed by atoms with E-state index in [1.807, 2.05) is 13.8 Å². The quantitative estimate of drug-likeness (QED) is 0.847. The zero-order valence-electron chi connectivity index (χ0n) is 12.9. The zero-order chi connectivity index (χ0) is 16.3. The molecule has 0 radical (unpaired) electrons. The number of carbonyl (C=O) groups excluding carboxylic acids is 1. The van der Waals surface area contributed by atoms with Gasteiger partial charge in [0.25, 0.3) is 11.5 Å². The summed E-state index contributed by atoms with van der Waals surface area (Å²) in [5.41, 5.74) is -0.343. The molecule has 1 unspecified atom stereocenters. The number of carboxylic acids is 1. The Labute approximate surface area is 123 Å². The topological polar surface area (TPSA) is 103 Å². The first-order chi connectivity index (χ1) is 9.70. The maximum atomic E-state index is 12.4. The lowest BCUT2D eigenvalue weighted by molar-refractivity contribution is -0.142. The average Bonchev–Trinajstić information content (AvgIpc) is 2.37. The SMILES string of the molecule is CCC(C(=O)O)N(C)C(=O)c1c(C)nc(C(C)C)[nH]c1=O. The van der Waals surface area contributed by atoms with Gasteiger partial charge in [-0.1, -0.05) is 20.8 Å². The third kappa shape index (κ3) is 3.48. The molecule has 0 aromatic carbocycles. The summed E-state index contributed by atoms with van der Waals surface area (Å²) in [6, 6.07) is -0.971. The van der Waals surface area contributed by atoms with Crippen LogP contribution >= 0.6 is 0 Å². The average molecular weight is 295 g/mol. The second-order valence-corrected chi connectivity index (χ2v) is 5.24. The number of carboxylic acid groups (broad SMARTS) is 1. The number of nitrogens with zero attached hydrogens (tertiary/aromatic N) is 2. The van der Waals surface area contributed by atoms with Gasteiger partial charge in [0.1, 0.15) is 17.4 Å². The summed E-state index contributed by atoms with van der Waals surface area (Å²) in [6.45, 7) is 7.00. The first kappa shape index (κ1) is 16.9. The fraction of sp³-hybridized carbons (Fsp3) is 0.571. The van der Waals surface area contributed by atoms with Crippen LogP contribution in [-0.4, -0.2) is 44.9 Å². The Hall–Kier alpha value is -2.18. The van der Waals surface area contributed by atoms with Crippen LogP contribution < -0.4 is 5.56 Å². The van der Waals surface area contributed by atoms with Crippen molar-refractivity contribution in [3.05, 3.63) is 27.4 Å². The Morgan fingerprint density at radius 2 is 1.95 bits per heavy atom. The van der Waals surface area contributed by atoms with E-state index in [-0.39, 0.29) is 17.9 Å². The number of aliphatic carboxylic acids is 1. The van der Waals surface area contributed by atoms with Gasteiger partial charge in [0.2, 0.25) is 0 Å². The van der Waals surface area contributed by atoms with Crippen LogP contribution in [0.4, 0.5) is 0 Å². The van der Waals surface area contributed by atoms with Gasteiger partial charge in [0.15, 0.2) is 0 Å². The van der Waals surface area contributed by atoms with Crippen molar-refractivity contribution >= 4 is 11.9 Å². The van der Waals surface area contributed by atoms with E-state index < -0.39 is 23.5 Å². The van der Waals surface area contributed by atoms with Gasteiger partial charge in [-0.3, -0.25) is 9.59 Å². The van der Waals surface area contributed by atoms with Crippen molar-refractivity contribution in [3.8, 4) is 0 Å². The lowest BCUT2D eigenvalue weighted by atomic mass is 10.1. The number of aromatic amines is 1. The number of carbonyl (C=O) groups is 2. The molecule has 0 saturated heterocycles. The third-order valence-corrected chi connectivity index (χ3v) is 3.34. The number of hydrogen-bond acceptors (Lipinski definition) is 4. The van der Waals surface area contributed by atoms with Gasteiger partial charge in [-0.2, -0.15) is 0 Å². The van der Waals surface area contributed by atoms with Crippen molar-refractivity contribution < 1.29 is 14.7 Å². The molecule has 0 saturated carbocycles. The maximum Gasteiger partial charge on any atom is 0.326 e. The predicted octanol–water partition coefficient (Wildman–Crippen LogP) is 1.14. The summed E-state index contributed by atoms with van der Waals surface area (Å²) < 4.78 is 0. The van der Waals surface area contributed by atoms with E-state index >= 15 is 0 Å². The van der Waals surface area contributed by atoms with Crippen LogP contribution in [0.15, 0.2) is 4.79 Å². The molecule has 0 bridgehead atoms. The molecule has 0 aliphatic rings. The molecule has 1 rings (SSSR count). The number of likely N-dealkylation sites (N-methyl/N-ethyl adjacent to an activating group) is 1. The molecular formula is C14H21N3O4. The summed E-state index contributed by atoms with van der Waals surface area (Å²) in [4.78, 5) is 43.5. The molecule has 7 nitrogen and oxygen atoms in total. The molecule has 1 aromatic heterocycles. The Bertz CT molecular complexity index is 607. The van der Waals surface area contributed by atoms with Gasteiger partial charge in [-0.15, -0.1) is 0 Å². The van der Waals surface area contributed by atoms with Crippen molar-refractivity contribution in [2.75, 3.05) is 7.05 Å². The van der Waals surface area contributed by atoms with Crippen molar-refractivity contribution in [2.45, 2.75) is 46.1 Å².